The van der Waals surface area contributed by atoms with Crippen molar-refractivity contribution < 1.29 is 19.1 Å². The van der Waals surface area contributed by atoms with Crippen LogP contribution in [-0.2, 0) is 16.1 Å². The molecule has 9 nitrogen and oxygen atoms in total. The number of carbonyl (C=O) groups is 2. The number of methoxy groups -OCH3 is 2. The number of fused-ring (bicyclic) bond motifs is 1. The van der Waals surface area contributed by atoms with Crippen LogP contribution in [0.3, 0.4) is 0 Å². The number of aromatic nitrogens is 2. The van der Waals surface area contributed by atoms with Gasteiger partial charge in [0, 0.05) is 10.9 Å². The highest BCUT2D eigenvalue weighted by molar-refractivity contribution is 7.18. The average Bonchev–Trinajstić information content (AvgIpc) is 3.10. The highest BCUT2D eigenvalue weighted by atomic mass is 35.5. The predicted molar refractivity (Wildman–Crippen MR) is 115 cm³/mol. The predicted octanol–water partition coefficient (Wildman–Crippen LogP) is 2.19. The standard InChI is InChI=1S/C19H19ClN4O5S/c1-10-4-11-18(30-10)22-9-24(19(11)27)8-17(26)21-7-16(25)23-13-5-12(20)14(28-2)6-15(13)29-3/h4-6,9H,7-8H2,1-3H3,(H,21,26)(H,23,25). The van der Waals surface area contributed by atoms with Crippen molar-refractivity contribution >= 4 is 50.7 Å². The second-order valence-corrected chi connectivity index (χ2v) is 7.91. The fourth-order valence-electron chi connectivity index (χ4n) is 2.73. The molecule has 0 bridgehead atoms. The molecule has 2 aromatic heterocycles. The lowest BCUT2D eigenvalue weighted by molar-refractivity contribution is -0.124. The quantitative estimate of drug-likeness (QED) is 0.570. The van der Waals surface area contributed by atoms with E-state index in [-0.39, 0.29) is 18.6 Å². The van der Waals surface area contributed by atoms with Gasteiger partial charge in [0.05, 0.1) is 43.2 Å². The number of aryl methyl sites for hydroxylation is 1. The number of hydrogen-bond acceptors (Lipinski definition) is 7. The lowest BCUT2D eigenvalue weighted by atomic mass is 10.2. The van der Waals surface area contributed by atoms with E-state index in [4.69, 9.17) is 21.1 Å². The van der Waals surface area contributed by atoms with Gasteiger partial charge in [-0.3, -0.25) is 19.0 Å². The Morgan fingerprint density at radius 1 is 1.17 bits per heavy atom. The summed E-state index contributed by atoms with van der Waals surface area (Å²) in [5.74, 6) is -0.234. The monoisotopic (exact) mass is 450 g/mol. The number of benzene rings is 1. The third kappa shape index (κ3) is 4.71. The number of amides is 2. The number of rotatable bonds is 7. The first-order valence-corrected chi connectivity index (χ1v) is 9.95. The van der Waals surface area contributed by atoms with Gasteiger partial charge in [-0.05, 0) is 19.1 Å². The Morgan fingerprint density at radius 3 is 2.60 bits per heavy atom. The zero-order chi connectivity index (χ0) is 21.8. The Kier molecular flexibility index (Phi) is 6.58. The van der Waals surface area contributed by atoms with E-state index in [0.717, 1.165) is 4.88 Å². The summed E-state index contributed by atoms with van der Waals surface area (Å²) < 4.78 is 11.5. The summed E-state index contributed by atoms with van der Waals surface area (Å²) in [5, 5.41) is 5.85. The number of ether oxygens (including phenoxy) is 2. The summed E-state index contributed by atoms with van der Waals surface area (Å²) >= 11 is 7.49. The van der Waals surface area contributed by atoms with E-state index in [1.54, 1.807) is 6.07 Å². The van der Waals surface area contributed by atoms with Crippen LogP contribution in [0.25, 0.3) is 10.2 Å². The van der Waals surface area contributed by atoms with E-state index >= 15 is 0 Å². The molecule has 0 saturated heterocycles. The summed E-state index contributed by atoms with van der Waals surface area (Å²) in [6.07, 6.45) is 1.32. The first-order chi connectivity index (χ1) is 14.3. The highest BCUT2D eigenvalue weighted by Gasteiger charge is 2.14. The summed E-state index contributed by atoms with van der Waals surface area (Å²) in [6, 6.07) is 4.77. The Morgan fingerprint density at radius 2 is 1.90 bits per heavy atom. The van der Waals surface area contributed by atoms with Gasteiger partial charge in [0.1, 0.15) is 22.9 Å². The summed E-state index contributed by atoms with van der Waals surface area (Å²) in [4.78, 5) is 42.6. The van der Waals surface area contributed by atoms with Gasteiger partial charge in [0.15, 0.2) is 0 Å². The van der Waals surface area contributed by atoms with E-state index in [2.05, 4.69) is 15.6 Å². The van der Waals surface area contributed by atoms with Crippen LogP contribution >= 0.6 is 22.9 Å². The van der Waals surface area contributed by atoms with Crippen molar-refractivity contribution in [2.45, 2.75) is 13.5 Å². The minimum Gasteiger partial charge on any atom is -0.495 e. The molecule has 3 rings (SSSR count). The SMILES string of the molecule is COc1cc(OC)c(NC(=O)CNC(=O)Cn2cnc3sc(C)cc3c2=O)cc1Cl. The van der Waals surface area contributed by atoms with Gasteiger partial charge in [-0.2, -0.15) is 0 Å². The van der Waals surface area contributed by atoms with Crippen LogP contribution in [0.5, 0.6) is 11.5 Å². The Balaban J connectivity index is 1.61. The van der Waals surface area contributed by atoms with Crippen molar-refractivity contribution in [1.82, 2.24) is 14.9 Å². The third-order valence-corrected chi connectivity index (χ3v) is 5.40. The molecule has 1 aromatic carbocycles. The number of nitrogens with one attached hydrogen (secondary N) is 2. The summed E-state index contributed by atoms with van der Waals surface area (Å²) in [6.45, 7) is 1.34. The largest absolute Gasteiger partial charge is 0.495 e. The Hall–Kier alpha value is -3.11. The van der Waals surface area contributed by atoms with Crippen molar-refractivity contribution in [1.29, 1.82) is 0 Å². The molecular formula is C19H19ClN4O5S. The maximum atomic E-state index is 12.4. The lowest BCUT2D eigenvalue weighted by Gasteiger charge is -2.13. The fourth-order valence-corrected chi connectivity index (χ4v) is 3.81. The third-order valence-electron chi connectivity index (χ3n) is 4.15. The maximum absolute atomic E-state index is 12.4. The van der Waals surface area contributed by atoms with Gasteiger partial charge in [-0.15, -0.1) is 11.3 Å². The molecule has 0 aliphatic carbocycles. The molecule has 0 unspecified atom stereocenters. The van der Waals surface area contributed by atoms with Crippen molar-refractivity contribution in [3.63, 3.8) is 0 Å². The van der Waals surface area contributed by atoms with Gasteiger partial charge >= 0.3 is 0 Å². The average molecular weight is 451 g/mol. The molecule has 0 saturated carbocycles. The second-order valence-electron chi connectivity index (χ2n) is 6.27. The number of halogens is 1. The molecule has 0 aliphatic rings. The van der Waals surface area contributed by atoms with Crippen molar-refractivity contribution in [2.75, 3.05) is 26.1 Å². The molecule has 158 valence electrons. The number of thiophene rings is 1. The van der Waals surface area contributed by atoms with Gasteiger partial charge in [-0.1, -0.05) is 11.6 Å². The number of hydrogen-bond donors (Lipinski definition) is 2. The van der Waals surface area contributed by atoms with Crippen molar-refractivity contribution in [2.24, 2.45) is 0 Å². The Labute approximate surface area is 180 Å². The van der Waals surface area contributed by atoms with E-state index in [0.29, 0.717) is 32.4 Å². The van der Waals surface area contributed by atoms with Crippen LogP contribution < -0.4 is 25.7 Å². The van der Waals surface area contributed by atoms with Gasteiger partial charge < -0.3 is 20.1 Å². The van der Waals surface area contributed by atoms with E-state index < -0.39 is 11.8 Å². The molecule has 0 atom stereocenters. The highest BCUT2D eigenvalue weighted by Crippen LogP contribution is 2.35. The smallest absolute Gasteiger partial charge is 0.262 e. The van der Waals surface area contributed by atoms with Crippen LogP contribution in [0.2, 0.25) is 5.02 Å². The van der Waals surface area contributed by atoms with E-state index in [9.17, 15) is 14.4 Å². The molecule has 30 heavy (non-hydrogen) atoms. The zero-order valence-electron chi connectivity index (χ0n) is 16.4. The maximum Gasteiger partial charge on any atom is 0.262 e. The molecule has 0 fully saturated rings. The van der Waals surface area contributed by atoms with Crippen LogP contribution in [0.4, 0.5) is 5.69 Å². The van der Waals surface area contributed by atoms with Crippen molar-refractivity contribution in [3.05, 3.63) is 44.8 Å². The Bertz CT molecular complexity index is 1170. The van der Waals surface area contributed by atoms with Crippen LogP contribution in [-0.4, -0.2) is 42.1 Å². The van der Waals surface area contributed by atoms with Gasteiger partial charge in [0.25, 0.3) is 5.56 Å². The molecular weight excluding hydrogens is 432 g/mol. The molecule has 0 spiro atoms. The van der Waals surface area contributed by atoms with Crippen molar-refractivity contribution in [3.8, 4) is 11.5 Å². The number of carbonyl (C=O) groups excluding carboxylic acids is 2. The fraction of sp³-hybridized carbons (Fsp3) is 0.263. The normalized spacial score (nSPS) is 10.7. The molecule has 0 aliphatic heterocycles. The second kappa shape index (κ2) is 9.14. The van der Waals surface area contributed by atoms with Crippen LogP contribution in [0.1, 0.15) is 4.88 Å². The van der Waals surface area contributed by atoms with E-state index in [1.807, 2.05) is 6.92 Å². The van der Waals surface area contributed by atoms with Gasteiger partial charge in [0.2, 0.25) is 11.8 Å². The van der Waals surface area contributed by atoms with Crippen LogP contribution in [0.15, 0.2) is 29.3 Å². The lowest BCUT2D eigenvalue weighted by Crippen LogP contribution is -2.37. The van der Waals surface area contributed by atoms with Crippen LogP contribution in [0, 0.1) is 6.92 Å². The summed E-state index contributed by atoms with van der Waals surface area (Å²) in [5.41, 5.74) is 0.0304. The minimum atomic E-state index is -0.500. The molecule has 2 amide bonds. The summed E-state index contributed by atoms with van der Waals surface area (Å²) in [7, 11) is 2.91. The first kappa shape index (κ1) is 21.6. The van der Waals surface area contributed by atoms with Gasteiger partial charge in [-0.25, -0.2) is 4.98 Å². The van der Waals surface area contributed by atoms with E-state index in [1.165, 1.54) is 48.6 Å². The molecule has 11 heteroatoms. The molecule has 3 aromatic rings. The minimum absolute atomic E-state index is 0.248. The molecule has 2 heterocycles. The number of anilines is 1. The number of nitrogens with zero attached hydrogens (tertiary/aromatic N) is 2. The molecule has 0 radical (unpaired) electrons. The zero-order valence-corrected chi connectivity index (χ0v) is 18.0. The molecule has 2 N–H and O–H groups in total. The topological polar surface area (TPSA) is 112 Å². The first-order valence-electron chi connectivity index (χ1n) is 8.76.